The number of rotatable bonds is 6. The molecule has 0 aliphatic carbocycles. The first kappa shape index (κ1) is 15.0. The largest absolute Gasteiger partial charge is 0.439 e. The molecule has 1 aromatic heterocycles. The third-order valence-corrected chi connectivity index (χ3v) is 3.24. The van der Waals surface area contributed by atoms with Crippen molar-refractivity contribution in [2.75, 3.05) is 6.54 Å². The Bertz CT molecular complexity index is 523. The Balaban J connectivity index is 1.89. The highest BCUT2D eigenvalue weighted by molar-refractivity contribution is 9.10. The average Bonchev–Trinajstić information content (AvgIpc) is 2.43. The monoisotopic (exact) mass is 334 g/mol. The van der Waals surface area contributed by atoms with E-state index < -0.39 is 0 Å². The molecule has 0 amide bonds. The number of benzene rings is 1. The third kappa shape index (κ3) is 4.94. The molecular formula is C16H19BrN2O. The Morgan fingerprint density at radius 2 is 1.90 bits per heavy atom. The van der Waals surface area contributed by atoms with Crippen LogP contribution in [0.2, 0.25) is 0 Å². The minimum absolute atomic E-state index is 0.611. The zero-order chi connectivity index (χ0) is 14.4. The van der Waals surface area contributed by atoms with Crippen molar-refractivity contribution in [3.05, 3.63) is 52.6 Å². The van der Waals surface area contributed by atoms with E-state index in [-0.39, 0.29) is 0 Å². The molecule has 20 heavy (non-hydrogen) atoms. The van der Waals surface area contributed by atoms with Gasteiger partial charge in [-0.2, -0.15) is 0 Å². The van der Waals surface area contributed by atoms with E-state index >= 15 is 0 Å². The maximum atomic E-state index is 5.68. The molecule has 0 saturated carbocycles. The lowest BCUT2D eigenvalue weighted by Crippen LogP contribution is -2.18. The summed E-state index contributed by atoms with van der Waals surface area (Å²) < 4.78 is 6.71. The zero-order valence-corrected chi connectivity index (χ0v) is 13.4. The van der Waals surface area contributed by atoms with Crippen LogP contribution < -0.4 is 10.1 Å². The Kier molecular flexibility index (Phi) is 5.56. The van der Waals surface area contributed by atoms with E-state index in [1.165, 1.54) is 0 Å². The van der Waals surface area contributed by atoms with Gasteiger partial charge in [0.1, 0.15) is 5.75 Å². The molecule has 0 atom stereocenters. The van der Waals surface area contributed by atoms with Crippen LogP contribution in [-0.4, -0.2) is 11.5 Å². The Morgan fingerprint density at radius 3 is 2.50 bits per heavy atom. The number of hydrogen-bond donors (Lipinski definition) is 1. The first-order valence-corrected chi connectivity index (χ1v) is 7.52. The number of nitrogens with one attached hydrogen (secondary N) is 1. The molecule has 1 aromatic carbocycles. The van der Waals surface area contributed by atoms with Crippen molar-refractivity contribution in [1.82, 2.24) is 10.3 Å². The Morgan fingerprint density at radius 1 is 1.15 bits per heavy atom. The van der Waals surface area contributed by atoms with Gasteiger partial charge in [0.2, 0.25) is 5.88 Å². The van der Waals surface area contributed by atoms with Gasteiger partial charge >= 0.3 is 0 Å². The van der Waals surface area contributed by atoms with Gasteiger partial charge in [0, 0.05) is 23.3 Å². The lowest BCUT2D eigenvalue weighted by molar-refractivity contribution is 0.462. The van der Waals surface area contributed by atoms with Gasteiger partial charge in [-0.25, -0.2) is 4.98 Å². The van der Waals surface area contributed by atoms with E-state index in [4.69, 9.17) is 4.74 Å². The molecule has 0 spiro atoms. The SMILES string of the molecule is CC(C)CNCc1ccc(Oc2ccc(Br)cc2)nc1. The fraction of sp³-hybridized carbons (Fsp3) is 0.312. The van der Waals surface area contributed by atoms with Crippen molar-refractivity contribution in [1.29, 1.82) is 0 Å². The number of halogens is 1. The van der Waals surface area contributed by atoms with Crippen LogP contribution in [0.3, 0.4) is 0 Å². The van der Waals surface area contributed by atoms with E-state index in [0.29, 0.717) is 11.8 Å². The molecule has 0 radical (unpaired) electrons. The normalized spacial score (nSPS) is 10.8. The van der Waals surface area contributed by atoms with Gasteiger partial charge in [-0.3, -0.25) is 0 Å². The molecule has 4 heteroatoms. The smallest absolute Gasteiger partial charge is 0.219 e. The van der Waals surface area contributed by atoms with Crippen LogP contribution in [0.4, 0.5) is 0 Å². The molecule has 0 aliphatic heterocycles. The highest BCUT2D eigenvalue weighted by Gasteiger charge is 2.00. The topological polar surface area (TPSA) is 34.1 Å². The van der Waals surface area contributed by atoms with Crippen LogP contribution in [0, 0.1) is 5.92 Å². The second-order valence-corrected chi connectivity index (χ2v) is 6.00. The van der Waals surface area contributed by atoms with Crippen LogP contribution >= 0.6 is 15.9 Å². The molecule has 1 N–H and O–H groups in total. The summed E-state index contributed by atoms with van der Waals surface area (Å²) in [5.41, 5.74) is 1.16. The number of hydrogen-bond acceptors (Lipinski definition) is 3. The van der Waals surface area contributed by atoms with Crippen LogP contribution in [0.15, 0.2) is 47.1 Å². The molecule has 2 aromatic rings. The minimum Gasteiger partial charge on any atom is -0.439 e. The number of aromatic nitrogens is 1. The molecule has 3 nitrogen and oxygen atoms in total. The highest BCUT2D eigenvalue weighted by atomic mass is 79.9. The summed E-state index contributed by atoms with van der Waals surface area (Å²) in [4.78, 5) is 4.32. The first-order chi connectivity index (χ1) is 9.63. The minimum atomic E-state index is 0.611. The molecule has 0 saturated heterocycles. The van der Waals surface area contributed by atoms with Gasteiger partial charge in [-0.05, 0) is 42.3 Å². The van der Waals surface area contributed by atoms with Crippen LogP contribution in [0.25, 0.3) is 0 Å². The van der Waals surface area contributed by atoms with Gasteiger partial charge in [-0.15, -0.1) is 0 Å². The summed E-state index contributed by atoms with van der Waals surface area (Å²) in [6.45, 7) is 6.24. The lowest BCUT2D eigenvalue weighted by atomic mass is 10.2. The van der Waals surface area contributed by atoms with E-state index in [0.717, 1.165) is 28.9 Å². The van der Waals surface area contributed by atoms with E-state index in [1.807, 2.05) is 42.6 Å². The van der Waals surface area contributed by atoms with E-state index in [9.17, 15) is 0 Å². The predicted octanol–water partition coefficient (Wildman–Crippen LogP) is 4.38. The van der Waals surface area contributed by atoms with E-state index in [1.54, 1.807) is 0 Å². The number of pyridine rings is 1. The molecule has 106 valence electrons. The van der Waals surface area contributed by atoms with E-state index in [2.05, 4.69) is 40.1 Å². The highest BCUT2D eigenvalue weighted by Crippen LogP contribution is 2.21. The number of nitrogens with zero attached hydrogens (tertiary/aromatic N) is 1. The van der Waals surface area contributed by atoms with Crippen molar-refractivity contribution < 1.29 is 4.74 Å². The van der Waals surface area contributed by atoms with Crippen molar-refractivity contribution >= 4 is 15.9 Å². The van der Waals surface area contributed by atoms with Crippen LogP contribution in [0.1, 0.15) is 19.4 Å². The first-order valence-electron chi connectivity index (χ1n) is 6.72. The predicted molar refractivity (Wildman–Crippen MR) is 85.0 cm³/mol. The molecule has 2 rings (SSSR count). The van der Waals surface area contributed by atoms with Gasteiger partial charge in [0.15, 0.2) is 0 Å². The second kappa shape index (κ2) is 7.41. The van der Waals surface area contributed by atoms with Crippen LogP contribution in [-0.2, 0) is 6.54 Å². The molecule has 0 unspecified atom stereocenters. The van der Waals surface area contributed by atoms with Crippen molar-refractivity contribution in [2.45, 2.75) is 20.4 Å². The summed E-state index contributed by atoms with van der Waals surface area (Å²) in [7, 11) is 0. The van der Waals surface area contributed by atoms with Crippen molar-refractivity contribution in [3.63, 3.8) is 0 Å². The summed E-state index contributed by atoms with van der Waals surface area (Å²) in [5, 5.41) is 3.39. The Hall–Kier alpha value is -1.39. The summed E-state index contributed by atoms with van der Waals surface area (Å²) in [6.07, 6.45) is 1.85. The average molecular weight is 335 g/mol. The fourth-order valence-corrected chi connectivity index (χ4v) is 1.97. The van der Waals surface area contributed by atoms with Gasteiger partial charge in [0.25, 0.3) is 0 Å². The quantitative estimate of drug-likeness (QED) is 0.851. The molecular weight excluding hydrogens is 316 g/mol. The molecule has 0 fully saturated rings. The van der Waals surface area contributed by atoms with Crippen LogP contribution in [0.5, 0.6) is 11.6 Å². The van der Waals surface area contributed by atoms with Crippen molar-refractivity contribution in [2.24, 2.45) is 5.92 Å². The summed E-state index contributed by atoms with van der Waals surface area (Å²) in [5.74, 6) is 2.05. The Labute approximate surface area is 128 Å². The fourth-order valence-electron chi connectivity index (χ4n) is 1.70. The van der Waals surface area contributed by atoms with Crippen molar-refractivity contribution in [3.8, 4) is 11.6 Å². The summed E-state index contributed by atoms with van der Waals surface area (Å²) in [6, 6.07) is 11.6. The summed E-state index contributed by atoms with van der Waals surface area (Å²) >= 11 is 3.40. The number of ether oxygens (including phenoxy) is 1. The van der Waals surface area contributed by atoms with Gasteiger partial charge < -0.3 is 10.1 Å². The molecule has 0 aliphatic rings. The zero-order valence-electron chi connectivity index (χ0n) is 11.8. The molecule has 0 bridgehead atoms. The standard InChI is InChI=1S/C16H19BrN2O/c1-12(2)9-18-10-13-3-8-16(19-11-13)20-15-6-4-14(17)5-7-15/h3-8,11-12,18H,9-10H2,1-2H3. The third-order valence-electron chi connectivity index (χ3n) is 2.72. The van der Waals surface area contributed by atoms with Gasteiger partial charge in [0.05, 0.1) is 0 Å². The lowest BCUT2D eigenvalue weighted by Gasteiger charge is -2.08. The maximum Gasteiger partial charge on any atom is 0.219 e. The second-order valence-electron chi connectivity index (χ2n) is 5.09. The maximum absolute atomic E-state index is 5.68. The molecule has 1 heterocycles. The van der Waals surface area contributed by atoms with Gasteiger partial charge in [-0.1, -0.05) is 35.8 Å².